The molecule has 1 aromatic heterocycles. The van der Waals surface area contributed by atoms with E-state index in [9.17, 15) is 0 Å². The Bertz CT molecular complexity index is 536. The van der Waals surface area contributed by atoms with Crippen molar-refractivity contribution < 1.29 is 0 Å². The highest BCUT2D eigenvalue weighted by molar-refractivity contribution is 9.10. The Balaban J connectivity index is 2.41. The van der Waals surface area contributed by atoms with Crippen LogP contribution in [-0.4, -0.2) is 9.78 Å². The van der Waals surface area contributed by atoms with Crippen molar-refractivity contribution in [2.75, 3.05) is 0 Å². The fourth-order valence-electron chi connectivity index (χ4n) is 1.96. The molecule has 4 nitrogen and oxygen atoms in total. The summed E-state index contributed by atoms with van der Waals surface area (Å²) in [5.74, 6) is 5.70. The number of rotatable bonds is 4. The van der Waals surface area contributed by atoms with Crippen molar-refractivity contribution in [1.82, 2.24) is 15.2 Å². The van der Waals surface area contributed by atoms with Crippen LogP contribution < -0.4 is 11.3 Å². The van der Waals surface area contributed by atoms with Gasteiger partial charge in [-0.1, -0.05) is 34.1 Å². The summed E-state index contributed by atoms with van der Waals surface area (Å²) in [5.41, 5.74) is 6.23. The monoisotopic (exact) mass is 308 g/mol. The molecule has 0 aliphatic carbocycles. The first-order valence-electron chi connectivity index (χ1n) is 5.90. The Morgan fingerprint density at radius 1 is 1.50 bits per heavy atom. The van der Waals surface area contributed by atoms with Gasteiger partial charge < -0.3 is 0 Å². The minimum Gasteiger partial charge on any atom is -0.273 e. The van der Waals surface area contributed by atoms with E-state index in [-0.39, 0.29) is 6.04 Å². The number of nitrogens with one attached hydrogen (secondary N) is 1. The molecule has 1 heterocycles. The van der Waals surface area contributed by atoms with Gasteiger partial charge in [-0.25, -0.2) is 5.43 Å². The van der Waals surface area contributed by atoms with E-state index in [1.165, 1.54) is 5.56 Å². The lowest BCUT2D eigenvalue weighted by molar-refractivity contribution is 0.628. The molecule has 0 radical (unpaired) electrons. The zero-order valence-corrected chi connectivity index (χ0v) is 12.1. The SMILES string of the molecule is CCn1cc(C(NN)c2cccc(C)c2Br)cn1. The summed E-state index contributed by atoms with van der Waals surface area (Å²) in [7, 11) is 0. The predicted molar refractivity (Wildman–Crippen MR) is 75.9 cm³/mol. The summed E-state index contributed by atoms with van der Waals surface area (Å²) < 4.78 is 2.97. The molecule has 0 saturated carbocycles. The Morgan fingerprint density at radius 3 is 2.89 bits per heavy atom. The fourth-order valence-corrected chi connectivity index (χ4v) is 2.45. The highest BCUT2D eigenvalue weighted by Gasteiger charge is 2.17. The van der Waals surface area contributed by atoms with E-state index in [2.05, 4.69) is 52.4 Å². The molecule has 0 aliphatic rings. The van der Waals surface area contributed by atoms with Gasteiger partial charge in [0.2, 0.25) is 0 Å². The van der Waals surface area contributed by atoms with E-state index < -0.39 is 0 Å². The van der Waals surface area contributed by atoms with Gasteiger partial charge >= 0.3 is 0 Å². The standard InChI is InChI=1S/C13H17BrN4/c1-3-18-8-10(7-16-18)13(17-15)11-6-4-5-9(2)12(11)14/h4-8,13,17H,3,15H2,1-2H3. The van der Waals surface area contributed by atoms with Crippen LogP contribution in [0.4, 0.5) is 0 Å². The molecule has 96 valence electrons. The molecular formula is C13H17BrN4. The lowest BCUT2D eigenvalue weighted by atomic mass is 10.0. The summed E-state index contributed by atoms with van der Waals surface area (Å²) in [6, 6.07) is 6.10. The summed E-state index contributed by atoms with van der Waals surface area (Å²) >= 11 is 3.62. The van der Waals surface area contributed by atoms with Crippen LogP contribution in [0.15, 0.2) is 35.1 Å². The summed E-state index contributed by atoms with van der Waals surface area (Å²) in [6.07, 6.45) is 3.86. The smallest absolute Gasteiger partial charge is 0.0751 e. The number of halogens is 1. The molecular weight excluding hydrogens is 292 g/mol. The molecule has 0 bridgehead atoms. The highest BCUT2D eigenvalue weighted by Crippen LogP contribution is 2.30. The van der Waals surface area contributed by atoms with Gasteiger partial charge in [0.1, 0.15) is 0 Å². The summed E-state index contributed by atoms with van der Waals surface area (Å²) in [6.45, 7) is 4.98. The lowest BCUT2D eigenvalue weighted by Gasteiger charge is -2.17. The highest BCUT2D eigenvalue weighted by atomic mass is 79.9. The predicted octanol–water partition coefficient (Wildman–Crippen LogP) is 2.53. The summed E-state index contributed by atoms with van der Waals surface area (Å²) in [5, 5.41) is 4.29. The van der Waals surface area contributed by atoms with Crippen molar-refractivity contribution in [2.24, 2.45) is 5.84 Å². The van der Waals surface area contributed by atoms with Gasteiger partial charge in [-0.3, -0.25) is 10.5 Å². The molecule has 1 aromatic carbocycles. The Morgan fingerprint density at radius 2 is 2.28 bits per heavy atom. The third-order valence-electron chi connectivity index (χ3n) is 3.01. The molecule has 0 aliphatic heterocycles. The number of benzene rings is 1. The van der Waals surface area contributed by atoms with E-state index >= 15 is 0 Å². The molecule has 2 aromatic rings. The zero-order valence-electron chi connectivity index (χ0n) is 10.5. The summed E-state index contributed by atoms with van der Waals surface area (Å²) in [4.78, 5) is 0. The van der Waals surface area contributed by atoms with Crippen molar-refractivity contribution in [3.63, 3.8) is 0 Å². The molecule has 18 heavy (non-hydrogen) atoms. The maximum absolute atomic E-state index is 5.70. The second-order valence-corrected chi connectivity index (χ2v) is 5.00. The van der Waals surface area contributed by atoms with Crippen molar-refractivity contribution in [3.8, 4) is 0 Å². The number of hydrogen-bond acceptors (Lipinski definition) is 3. The Hall–Kier alpha value is -1.17. The molecule has 2 rings (SSSR count). The number of hydrazine groups is 1. The third kappa shape index (κ3) is 2.48. The second kappa shape index (κ2) is 5.65. The number of nitrogens with zero attached hydrogens (tertiary/aromatic N) is 2. The van der Waals surface area contributed by atoms with E-state index in [4.69, 9.17) is 5.84 Å². The van der Waals surface area contributed by atoms with Crippen LogP contribution in [0, 0.1) is 6.92 Å². The van der Waals surface area contributed by atoms with Gasteiger partial charge in [-0.05, 0) is 25.0 Å². The lowest BCUT2D eigenvalue weighted by Crippen LogP contribution is -2.29. The van der Waals surface area contributed by atoms with E-state index in [1.807, 2.05) is 23.1 Å². The van der Waals surface area contributed by atoms with Gasteiger partial charge in [0.05, 0.1) is 12.2 Å². The normalized spacial score (nSPS) is 12.7. The van der Waals surface area contributed by atoms with Crippen molar-refractivity contribution in [3.05, 3.63) is 51.8 Å². The third-order valence-corrected chi connectivity index (χ3v) is 4.09. The first kappa shape index (κ1) is 13.3. The van der Waals surface area contributed by atoms with Crippen molar-refractivity contribution in [2.45, 2.75) is 26.4 Å². The van der Waals surface area contributed by atoms with Gasteiger partial charge in [0.25, 0.3) is 0 Å². The Labute approximate surface area is 115 Å². The van der Waals surface area contributed by atoms with Crippen molar-refractivity contribution in [1.29, 1.82) is 0 Å². The van der Waals surface area contributed by atoms with Crippen LogP contribution in [-0.2, 0) is 6.54 Å². The minimum absolute atomic E-state index is 0.0559. The zero-order chi connectivity index (χ0) is 13.1. The maximum Gasteiger partial charge on any atom is 0.0751 e. The molecule has 5 heteroatoms. The van der Waals surface area contributed by atoms with Gasteiger partial charge in [-0.2, -0.15) is 5.10 Å². The van der Waals surface area contributed by atoms with Gasteiger partial charge in [0, 0.05) is 22.8 Å². The van der Waals surface area contributed by atoms with E-state index in [0.29, 0.717) is 0 Å². The Kier molecular flexibility index (Phi) is 4.16. The largest absolute Gasteiger partial charge is 0.273 e. The average Bonchev–Trinajstić information content (AvgIpc) is 2.84. The van der Waals surface area contributed by atoms with E-state index in [0.717, 1.165) is 22.1 Å². The molecule has 0 amide bonds. The maximum atomic E-state index is 5.70. The molecule has 0 saturated heterocycles. The number of nitrogens with two attached hydrogens (primary N) is 1. The van der Waals surface area contributed by atoms with Crippen LogP contribution in [0.1, 0.15) is 29.7 Å². The van der Waals surface area contributed by atoms with Crippen LogP contribution in [0.25, 0.3) is 0 Å². The molecule has 1 atom stereocenters. The van der Waals surface area contributed by atoms with Crippen molar-refractivity contribution >= 4 is 15.9 Å². The number of aryl methyl sites for hydroxylation is 2. The molecule has 0 fully saturated rings. The minimum atomic E-state index is -0.0559. The first-order valence-corrected chi connectivity index (χ1v) is 6.70. The number of aromatic nitrogens is 2. The van der Waals surface area contributed by atoms with Gasteiger partial charge in [-0.15, -0.1) is 0 Å². The van der Waals surface area contributed by atoms with E-state index in [1.54, 1.807) is 0 Å². The van der Waals surface area contributed by atoms with Crippen LogP contribution in [0.2, 0.25) is 0 Å². The average molecular weight is 309 g/mol. The molecule has 3 N–H and O–H groups in total. The van der Waals surface area contributed by atoms with Crippen LogP contribution >= 0.6 is 15.9 Å². The fraction of sp³-hybridized carbons (Fsp3) is 0.308. The second-order valence-electron chi connectivity index (χ2n) is 4.21. The van der Waals surface area contributed by atoms with Gasteiger partial charge in [0.15, 0.2) is 0 Å². The number of hydrogen-bond donors (Lipinski definition) is 2. The van der Waals surface area contributed by atoms with Crippen LogP contribution in [0.5, 0.6) is 0 Å². The quantitative estimate of drug-likeness (QED) is 0.674. The first-order chi connectivity index (χ1) is 8.67. The molecule has 0 spiro atoms. The topological polar surface area (TPSA) is 55.9 Å². The molecule has 1 unspecified atom stereocenters. The van der Waals surface area contributed by atoms with Crippen LogP contribution in [0.3, 0.4) is 0 Å².